The van der Waals surface area contributed by atoms with Crippen LogP contribution in [0.15, 0.2) is 23.8 Å². The van der Waals surface area contributed by atoms with Crippen molar-refractivity contribution in [3.8, 4) is 17.1 Å². The molecule has 1 spiro atoms. The quantitative estimate of drug-likeness (QED) is 0.286. The number of likely N-dealkylation sites (tertiary alicyclic amines) is 1. The van der Waals surface area contributed by atoms with Crippen molar-refractivity contribution in [3.63, 3.8) is 0 Å². The van der Waals surface area contributed by atoms with Crippen molar-refractivity contribution in [2.75, 3.05) is 44.2 Å². The Labute approximate surface area is 247 Å². The van der Waals surface area contributed by atoms with E-state index in [1.807, 2.05) is 32.6 Å². The summed E-state index contributed by atoms with van der Waals surface area (Å²) in [5, 5.41) is 19.1. The van der Waals surface area contributed by atoms with Gasteiger partial charge in [0.05, 0.1) is 23.4 Å². The Balaban J connectivity index is 1.71. The molecule has 10 heteroatoms. The van der Waals surface area contributed by atoms with Crippen LogP contribution in [-0.2, 0) is 0 Å². The lowest BCUT2D eigenvalue weighted by atomic mass is 9.73. The van der Waals surface area contributed by atoms with Crippen LogP contribution in [0.1, 0.15) is 64.6 Å². The number of rotatable bonds is 11. The Morgan fingerprint density at radius 2 is 1.93 bits per heavy atom. The van der Waals surface area contributed by atoms with Crippen LogP contribution in [-0.4, -0.2) is 77.5 Å². The molecule has 2 aromatic rings. The standard InChI is InChI=1S/C31H42ClF2N5O2/c1-6-8-22(40)15-41-23-9-10-25(32)24(13-23)29-36-28(27(19(2)3)21(5)35)20(4)30(37-29)39-17-31(18-39)11-7-12-38(16-31)14-26(33)34/h9-10,13,22,26,35,40H,6-8,11-12,14-18H2,1-5H3/t22-/m1/s1. The van der Waals surface area contributed by atoms with Crippen LogP contribution in [0.5, 0.6) is 5.75 Å². The van der Waals surface area contributed by atoms with Crippen molar-refractivity contribution in [2.45, 2.75) is 72.8 Å². The predicted molar refractivity (Wildman–Crippen MR) is 162 cm³/mol. The molecule has 3 heterocycles. The molecule has 1 aromatic heterocycles. The molecule has 0 unspecified atom stereocenters. The van der Waals surface area contributed by atoms with Gasteiger partial charge in [-0.05, 0) is 71.7 Å². The Morgan fingerprint density at radius 1 is 1.20 bits per heavy atom. The summed E-state index contributed by atoms with van der Waals surface area (Å²) < 4.78 is 32.1. The molecule has 224 valence electrons. The van der Waals surface area contributed by atoms with Crippen molar-refractivity contribution in [2.24, 2.45) is 5.41 Å². The molecule has 0 bridgehead atoms. The van der Waals surface area contributed by atoms with E-state index in [1.54, 1.807) is 25.1 Å². The van der Waals surface area contributed by atoms with Gasteiger partial charge in [-0.15, -0.1) is 0 Å². The maximum Gasteiger partial charge on any atom is 0.251 e. The number of halogens is 3. The molecule has 2 fully saturated rings. The topological polar surface area (TPSA) is 85.6 Å². The van der Waals surface area contributed by atoms with Crippen molar-refractivity contribution < 1.29 is 18.6 Å². The van der Waals surface area contributed by atoms with E-state index in [2.05, 4.69) is 4.90 Å². The van der Waals surface area contributed by atoms with Crippen LogP contribution in [0, 0.1) is 17.7 Å². The number of benzene rings is 1. The van der Waals surface area contributed by atoms with E-state index in [-0.39, 0.29) is 18.6 Å². The second-order valence-electron chi connectivity index (χ2n) is 11.8. The lowest BCUT2D eigenvalue weighted by Crippen LogP contribution is -2.63. The number of nitrogens with zero attached hydrogens (tertiary/aromatic N) is 4. The smallest absolute Gasteiger partial charge is 0.251 e. The Hall–Kier alpha value is -2.62. The van der Waals surface area contributed by atoms with Gasteiger partial charge in [-0.1, -0.05) is 30.5 Å². The Bertz CT molecular complexity index is 1290. The first-order valence-electron chi connectivity index (χ1n) is 14.4. The third-order valence-corrected chi connectivity index (χ3v) is 8.29. The number of piperidine rings is 1. The molecule has 0 aliphatic carbocycles. The molecule has 2 aliphatic rings. The van der Waals surface area contributed by atoms with Crippen molar-refractivity contribution in [3.05, 3.63) is 40.1 Å². The Kier molecular flexibility index (Phi) is 10.0. The molecule has 7 nitrogen and oxygen atoms in total. The average Bonchev–Trinajstić information content (AvgIpc) is 2.87. The monoisotopic (exact) mass is 589 g/mol. The number of ether oxygens (including phenoxy) is 1. The van der Waals surface area contributed by atoms with Gasteiger partial charge in [-0.3, -0.25) is 4.90 Å². The third kappa shape index (κ3) is 7.24. The molecule has 2 saturated heterocycles. The molecule has 2 N–H and O–H groups in total. The first-order valence-corrected chi connectivity index (χ1v) is 14.8. The van der Waals surface area contributed by atoms with E-state index in [0.29, 0.717) is 53.1 Å². The fraction of sp³-hybridized carbons (Fsp3) is 0.581. The van der Waals surface area contributed by atoms with Crippen molar-refractivity contribution in [1.29, 1.82) is 5.41 Å². The average molecular weight is 590 g/mol. The molecule has 0 radical (unpaired) electrons. The van der Waals surface area contributed by atoms with Gasteiger partial charge in [-0.2, -0.15) is 0 Å². The highest BCUT2D eigenvalue weighted by Gasteiger charge is 2.47. The lowest BCUT2D eigenvalue weighted by Gasteiger charge is -2.55. The van der Waals surface area contributed by atoms with Crippen LogP contribution in [0.25, 0.3) is 17.0 Å². The summed E-state index contributed by atoms with van der Waals surface area (Å²) in [6, 6.07) is 5.29. The third-order valence-electron chi connectivity index (χ3n) is 7.96. The highest BCUT2D eigenvalue weighted by atomic mass is 35.5. The molecular formula is C31H42ClF2N5O2. The maximum atomic E-state index is 13.1. The van der Waals surface area contributed by atoms with E-state index in [9.17, 15) is 13.9 Å². The summed E-state index contributed by atoms with van der Waals surface area (Å²) >= 11 is 6.67. The number of allylic oxidation sites excluding steroid dienone is 2. The van der Waals surface area contributed by atoms with E-state index in [0.717, 1.165) is 54.9 Å². The van der Waals surface area contributed by atoms with Gasteiger partial charge < -0.3 is 20.2 Å². The van der Waals surface area contributed by atoms with Crippen LogP contribution in [0.4, 0.5) is 14.6 Å². The summed E-state index contributed by atoms with van der Waals surface area (Å²) in [5.74, 6) is 1.75. The van der Waals surface area contributed by atoms with Gasteiger partial charge >= 0.3 is 0 Å². The van der Waals surface area contributed by atoms with Gasteiger partial charge in [0.1, 0.15) is 18.2 Å². The molecular weight excluding hydrogens is 548 g/mol. The highest BCUT2D eigenvalue weighted by molar-refractivity contribution is 6.33. The number of nitrogens with one attached hydrogen (secondary N) is 1. The SMILES string of the molecule is CCC[C@@H](O)COc1ccc(Cl)c(-c2nc(C(C(C)=N)=C(C)C)c(C)c(N3CC4(CCCN(CC(F)F)C4)C3)n2)c1. The summed E-state index contributed by atoms with van der Waals surface area (Å²) in [5.41, 5.74) is 4.26. The molecule has 0 saturated carbocycles. The van der Waals surface area contributed by atoms with E-state index in [1.165, 1.54) is 0 Å². The largest absolute Gasteiger partial charge is 0.491 e. The number of aromatic nitrogens is 2. The van der Waals surface area contributed by atoms with Crippen LogP contribution < -0.4 is 9.64 Å². The zero-order valence-corrected chi connectivity index (χ0v) is 25.5. The maximum absolute atomic E-state index is 13.1. The summed E-state index contributed by atoms with van der Waals surface area (Å²) in [6.07, 6.45) is 0.534. The van der Waals surface area contributed by atoms with Crippen LogP contribution in [0.2, 0.25) is 5.02 Å². The van der Waals surface area contributed by atoms with Crippen LogP contribution in [0.3, 0.4) is 0 Å². The minimum atomic E-state index is -2.33. The molecule has 1 aromatic carbocycles. The highest BCUT2D eigenvalue weighted by Crippen LogP contribution is 2.43. The minimum absolute atomic E-state index is 0.0353. The lowest BCUT2D eigenvalue weighted by molar-refractivity contribution is 0.0185. The fourth-order valence-electron chi connectivity index (χ4n) is 6.17. The number of hydrogen-bond donors (Lipinski definition) is 2. The Morgan fingerprint density at radius 3 is 2.56 bits per heavy atom. The normalized spacial score (nSPS) is 17.5. The van der Waals surface area contributed by atoms with Gasteiger partial charge in [-0.25, -0.2) is 18.7 Å². The summed E-state index contributed by atoms with van der Waals surface area (Å²) in [7, 11) is 0. The number of alkyl halides is 2. The molecule has 2 aliphatic heterocycles. The van der Waals surface area contributed by atoms with Gasteiger partial charge in [0, 0.05) is 47.5 Å². The number of aliphatic hydroxyl groups is 1. The molecule has 1 atom stereocenters. The van der Waals surface area contributed by atoms with Crippen molar-refractivity contribution >= 4 is 28.7 Å². The predicted octanol–water partition coefficient (Wildman–Crippen LogP) is 6.65. The van der Waals surface area contributed by atoms with E-state index >= 15 is 0 Å². The summed E-state index contributed by atoms with van der Waals surface area (Å²) in [6.45, 7) is 12.5. The molecule has 4 rings (SSSR count). The molecule has 41 heavy (non-hydrogen) atoms. The van der Waals surface area contributed by atoms with Gasteiger partial charge in [0.15, 0.2) is 5.82 Å². The molecule has 0 amide bonds. The number of aliphatic hydroxyl groups excluding tert-OH is 1. The first-order chi connectivity index (χ1) is 19.4. The van der Waals surface area contributed by atoms with Gasteiger partial charge in [0.25, 0.3) is 6.43 Å². The summed E-state index contributed by atoms with van der Waals surface area (Å²) in [4.78, 5) is 14.0. The van der Waals surface area contributed by atoms with E-state index in [4.69, 9.17) is 31.7 Å². The van der Waals surface area contributed by atoms with Gasteiger partial charge in [0.2, 0.25) is 0 Å². The minimum Gasteiger partial charge on any atom is -0.491 e. The number of anilines is 1. The second-order valence-corrected chi connectivity index (χ2v) is 12.2. The number of hydrogen-bond acceptors (Lipinski definition) is 7. The van der Waals surface area contributed by atoms with E-state index < -0.39 is 12.5 Å². The first kappa shape index (κ1) is 31.3. The van der Waals surface area contributed by atoms with Crippen LogP contribution >= 0.6 is 11.6 Å². The fourth-order valence-corrected chi connectivity index (χ4v) is 6.37. The second kappa shape index (κ2) is 13.1. The zero-order chi connectivity index (χ0) is 29.9. The van der Waals surface area contributed by atoms with Crippen molar-refractivity contribution in [1.82, 2.24) is 14.9 Å². The zero-order valence-electron chi connectivity index (χ0n) is 24.7.